The van der Waals surface area contributed by atoms with E-state index in [9.17, 15) is 37.1 Å². The normalized spacial score (nSPS) is 20.5. The summed E-state index contributed by atoms with van der Waals surface area (Å²) in [7, 11) is 0. The molecule has 0 saturated carbocycles. The molecule has 19 heteroatoms. The number of nitrogens with zero attached hydrogens (tertiary/aromatic N) is 5. The molecule has 4 N–H and O–H groups in total. The predicted molar refractivity (Wildman–Crippen MR) is 224 cm³/mol. The average Bonchev–Trinajstić information content (AvgIpc) is 3.59. The molecule has 62 heavy (non-hydrogen) atoms. The molecule has 4 fully saturated rings. The van der Waals surface area contributed by atoms with Crippen molar-refractivity contribution in [3.05, 3.63) is 58.1 Å². The first-order chi connectivity index (χ1) is 29.7. The number of carbonyl (C=O) groups excluding carboxylic acids is 5. The van der Waals surface area contributed by atoms with Gasteiger partial charge in [0.25, 0.3) is 5.91 Å². The van der Waals surface area contributed by atoms with Crippen LogP contribution in [0.2, 0.25) is 5.02 Å². The smallest absolute Gasteiger partial charge is 0.418 e. The lowest BCUT2D eigenvalue weighted by Gasteiger charge is -2.42. The van der Waals surface area contributed by atoms with Gasteiger partial charge in [-0.2, -0.15) is 13.2 Å². The molecule has 0 bridgehead atoms. The average molecular weight is 889 g/mol. The first-order valence-corrected chi connectivity index (χ1v) is 22.1. The van der Waals surface area contributed by atoms with E-state index < -0.39 is 35.5 Å². The van der Waals surface area contributed by atoms with Crippen molar-refractivity contribution < 1.29 is 46.6 Å². The number of nitrogens with one attached hydrogen (secondary N) is 2. The second-order valence-electron chi connectivity index (χ2n) is 16.8. The van der Waals surface area contributed by atoms with Crippen molar-refractivity contribution in [2.45, 2.75) is 94.6 Å². The zero-order valence-electron chi connectivity index (χ0n) is 34.8. The number of alkyl halides is 3. The van der Waals surface area contributed by atoms with Crippen molar-refractivity contribution in [3.8, 4) is 0 Å². The third kappa shape index (κ3) is 11.2. The molecule has 5 aliphatic heterocycles. The highest BCUT2D eigenvalue weighted by atomic mass is 35.5. The number of fused-ring (bicyclic) bond motifs is 1. The number of halogens is 4. The summed E-state index contributed by atoms with van der Waals surface area (Å²) in [4.78, 5) is 74.1. The first kappa shape index (κ1) is 45.2. The van der Waals surface area contributed by atoms with Gasteiger partial charge < -0.3 is 50.3 Å². The van der Waals surface area contributed by atoms with Crippen LogP contribution in [0.5, 0.6) is 0 Å². The van der Waals surface area contributed by atoms with Crippen LogP contribution in [0, 0.1) is 0 Å². The molecular formula is C43H56ClF3N8O7. The van der Waals surface area contributed by atoms with Gasteiger partial charge in [-0.25, -0.2) is 9.59 Å². The van der Waals surface area contributed by atoms with Crippen LogP contribution >= 0.6 is 11.6 Å². The monoisotopic (exact) mass is 888 g/mol. The van der Waals surface area contributed by atoms with E-state index in [-0.39, 0.29) is 79.3 Å². The number of benzene rings is 2. The molecule has 0 unspecified atom stereocenters. The number of urea groups is 1. The third-order valence-electron chi connectivity index (χ3n) is 12.9. The number of nitrogen functional groups attached to an aromatic ring is 1. The van der Waals surface area contributed by atoms with Gasteiger partial charge in [-0.05, 0) is 93.8 Å². The van der Waals surface area contributed by atoms with Crippen LogP contribution in [0.15, 0.2) is 36.4 Å². The summed E-state index contributed by atoms with van der Waals surface area (Å²) in [5.74, 6) is -0.761. The maximum Gasteiger partial charge on any atom is 0.418 e. The molecule has 0 aliphatic carbocycles. The molecule has 0 radical (unpaired) electrons. The Morgan fingerprint density at radius 2 is 1.58 bits per heavy atom. The van der Waals surface area contributed by atoms with E-state index in [1.807, 2.05) is 24.3 Å². The van der Waals surface area contributed by atoms with Crippen molar-refractivity contribution in [1.82, 2.24) is 29.8 Å². The predicted octanol–water partition coefficient (Wildman–Crippen LogP) is 4.75. The molecule has 0 aromatic heterocycles. The van der Waals surface area contributed by atoms with Gasteiger partial charge in [0.2, 0.25) is 5.91 Å². The quantitative estimate of drug-likeness (QED) is 0.200. The standard InChI is InChI=1S/C43H56ClF3N8O7/c44-34-25-28(24-33(39(34)48)43(45,46)47)26-36(62-42(60)54-19-12-32(13-20-54)55-21-7-29-4-1-2-5-35(29)50-41(55)59)40(58)53-17-10-31(11-18-53)51-15-8-30(9-16-51)49-27-38(57)61-23-22-52-14-3-6-37(52)56/h1-2,4-5,24-25,30-32,36,49H,3,6-23,26-27,48H2,(H,50,59)/t36-/m1/s1. The van der Waals surface area contributed by atoms with E-state index in [1.165, 1.54) is 11.0 Å². The molecule has 1 atom stereocenters. The number of likely N-dealkylation sites (tertiary alicyclic amines) is 4. The van der Waals surface area contributed by atoms with Crippen LogP contribution < -0.4 is 16.4 Å². The highest BCUT2D eigenvalue weighted by Gasteiger charge is 2.39. The van der Waals surface area contributed by atoms with Gasteiger partial charge in [0.1, 0.15) is 6.61 Å². The first-order valence-electron chi connectivity index (χ1n) is 21.7. The summed E-state index contributed by atoms with van der Waals surface area (Å²) in [6, 6.07) is 9.78. The lowest BCUT2D eigenvalue weighted by molar-refractivity contribution is -0.144. The highest BCUT2D eigenvalue weighted by molar-refractivity contribution is 6.33. The number of nitrogens with two attached hydrogens (primary N) is 1. The fourth-order valence-electron chi connectivity index (χ4n) is 9.33. The number of piperidine rings is 3. The Kier molecular flexibility index (Phi) is 14.7. The second kappa shape index (κ2) is 20.1. The van der Waals surface area contributed by atoms with Crippen LogP contribution in [-0.2, 0) is 42.9 Å². The van der Waals surface area contributed by atoms with Gasteiger partial charge in [-0.3, -0.25) is 14.4 Å². The Hall–Kier alpha value is -4.81. The van der Waals surface area contributed by atoms with E-state index >= 15 is 0 Å². The fourth-order valence-corrected chi connectivity index (χ4v) is 9.57. The maximum absolute atomic E-state index is 14.2. The summed E-state index contributed by atoms with van der Waals surface area (Å²) in [5, 5.41) is 5.96. The molecule has 5 heterocycles. The third-order valence-corrected chi connectivity index (χ3v) is 13.2. The topological polar surface area (TPSA) is 170 Å². The summed E-state index contributed by atoms with van der Waals surface area (Å²) >= 11 is 6.15. The lowest BCUT2D eigenvalue weighted by atomic mass is 9.97. The fraction of sp³-hybridized carbons (Fsp3) is 0.605. The molecule has 2 aromatic carbocycles. The second-order valence-corrected chi connectivity index (χ2v) is 17.2. The zero-order valence-corrected chi connectivity index (χ0v) is 35.6. The Labute approximate surface area is 364 Å². The number of ether oxygens (including phenoxy) is 2. The molecule has 15 nitrogen and oxygen atoms in total. The van der Waals surface area contributed by atoms with E-state index in [4.69, 9.17) is 26.8 Å². The van der Waals surface area contributed by atoms with E-state index in [0.29, 0.717) is 71.2 Å². The van der Waals surface area contributed by atoms with Gasteiger partial charge >= 0.3 is 24.3 Å². The van der Waals surface area contributed by atoms with Crippen molar-refractivity contribution in [2.75, 3.05) is 83.1 Å². The van der Waals surface area contributed by atoms with E-state index in [1.54, 1.807) is 14.7 Å². The molecular weight excluding hydrogens is 833 g/mol. The van der Waals surface area contributed by atoms with Crippen LogP contribution in [0.4, 0.5) is 34.1 Å². The SMILES string of the molecule is Nc1c(Cl)cc(C[C@@H](OC(=O)N2CCC(N3CCc4ccccc4NC3=O)CC2)C(=O)N2CCC(N3CCC(NCC(=O)OCCN4CCCC4=O)CC3)CC2)cc1C(F)(F)F. The van der Waals surface area contributed by atoms with Crippen LogP contribution in [0.3, 0.4) is 0 Å². The number of rotatable bonds is 12. The molecule has 7 rings (SSSR count). The minimum atomic E-state index is -4.80. The molecule has 4 saturated heterocycles. The largest absolute Gasteiger partial charge is 0.463 e. The maximum atomic E-state index is 14.2. The summed E-state index contributed by atoms with van der Waals surface area (Å²) < 4.78 is 53.0. The number of anilines is 2. The molecule has 5 aliphatic rings. The summed E-state index contributed by atoms with van der Waals surface area (Å²) in [6.45, 7) is 4.77. The Morgan fingerprint density at radius 1 is 0.887 bits per heavy atom. The van der Waals surface area contributed by atoms with Gasteiger partial charge in [-0.15, -0.1) is 0 Å². The number of hydrogen-bond acceptors (Lipinski definition) is 10. The van der Waals surface area contributed by atoms with Gasteiger partial charge in [-0.1, -0.05) is 29.8 Å². The number of carbonyl (C=O) groups is 5. The molecule has 338 valence electrons. The van der Waals surface area contributed by atoms with Gasteiger partial charge in [0, 0.05) is 75.9 Å². The summed E-state index contributed by atoms with van der Waals surface area (Å²) in [6.07, 6.45) is -1.33. The van der Waals surface area contributed by atoms with Crippen LogP contribution in [0.1, 0.15) is 68.1 Å². The lowest BCUT2D eigenvalue weighted by Crippen LogP contribution is -2.54. The molecule has 2 aromatic rings. The number of hydrogen-bond donors (Lipinski definition) is 3. The van der Waals surface area contributed by atoms with Gasteiger partial charge in [0.15, 0.2) is 6.10 Å². The Bertz CT molecular complexity index is 1950. The minimum Gasteiger partial charge on any atom is -0.463 e. The summed E-state index contributed by atoms with van der Waals surface area (Å²) in [5.41, 5.74) is 5.81. The highest BCUT2D eigenvalue weighted by Crippen LogP contribution is 2.38. The molecule has 0 spiro atoms. The van der Waals surface area contributed by atoms with Crippen molar-refractivity contribution >= 4 is 52.9 Å². The molecule has 5 amide bonds. The Morgan fingerprint density at radius 3 is 2.27 bits per heavy atom. The van der Waals surface area contributed by atoms with Crippen molar-refractivity contribution in [1.29, 1.82) is 0 Å². The van der Waals surface area contributed by atoms with E-state index in [2.05, 4.69) is 15.5 Å². The minimum absolute atomic E-state index is 0.0488. The Balaban J connectivity index is 0.914. The van der Waals surface area contributed by atoms with Crippen LogP contribution in [0.25, 0.3) is 0 Å². The number of esters is 1. The van der Waals surface area contributed by atoms with Crippen LogP contribution in [-0.4, -0.2) is 151 Å². The van der Waals surface area contributed by atoms with E-state index in [0.717, 1.165) is 49.7 Å². The number of para-hydroxylation sites is 1. The number of amides is 5. The zero-order chi connectivity index (χ0) is 44.0. The van der Waals surface area contributed by atoms with Crippen molar-refractivity contribution in [2.24, 2.45) is 0 Å². The van der Waals surface area contributed by atoms with Gasteiger partial charge in [0.05, 0.1) is 29.4 Å². The van der Waals surface area contributed by atoms with Crippen molar-refractivity contribution in [3.63, 3.8) is 0 Å².